The molecule has 1 atom stereocenters. The number of nitrogens with one attached hydrogen (secondary N) is 2. The van der Waals surface area contributed by atoms with Crippen LogP contribution in [0.25, 0.3) is 0 Å². The summed E-state index contributed by atoms with van der Waals surface area (Å²) in [7, 11) is 3.92. The molecule has 1 aliphatic heterocycles. The second-order valence-electron chi connectivity index (χ2n) is 7.03. The summed E-state index contributed by atoms with van der Waals surface area (Å²) in [6.07, 6.45) is 6.06. The van der Waals surface area contributed by atoms with Gasteiger partial charge in [-0.3, -0.25) is 9.59 Å². The van der Waals surface area contributed by atoms with Crippen LogP contribution in [0, 0.1) is 0 Å². The average molecular weight is 370 g/mol. The highest BCUT2D eigenvalue weighted by Crippen LogP contribution is 2.19. The number of likely N-dealkylation sites (tertiary alicyclic amines) is 1. The molecule has 1 saturated heterocycles. The number of aromatic nitrogens is 2. The van der Waals surface area contributed by atoms with Crippen LogP contribution in [0.5, 0.6) is 0 Å². The molecule has 0 radical (unpaired) electrons. The third-order valence-corrected chi connectivity index (χ3v) is 4.79. The largest absolute Gasteiger partial charge is 0.381 e. The molecule has 0 bridgehead atoms. The van der Waals surface area contributed by atoms with Crippen LogP contribution in [0.3, 0.4) is 0 Å². The molecule has 8 heteroatoms. The lowest BCUT2D eigenvalue weighted by Gasteiger charge is -2.21. The highest BCUT2D eigenvalue weighted by atomic mass is 16.2. The number of pyridine rings is 1. The Morgan fingerprint density at radius 3 is 2.74 bits per heavy atom. The maximum atomic E-state index is 12.7. The van der Waals surface area contributed by atoms with Crippen LogP contribution in [-0.2, 0) is 0 Å². The van der Waals surface area contributed by atoms with Crippen LogP contribution in [0.2, 0.25) is 0 Å². The monoisotopic (exact) mass is 370 g/mol. The van der Waals surface area contributed by atoms with Crippen molar-refractivity contribution in [1.82, 2.24) is 14.9 Å². The standard InChI is InChI=1S/C19H26N6O2/c1-24(2)17-6-5-15(12-22-17)23-14-4-3-8-25(9-7-14)19(27)16-10-13(11-21-16)18(20)26/h5-6,10-12,14,21,23H,3-4,7-9H2,1-2H3,(H2,20,26)/t14-/m0/s1. The highest BCUT2D eigenvalue weighted by molar-refractivity contribution is 5.98. The minimum Gasteiger partial charge on any atom is -0.381 e. The van der Waals surface area contributed by atoms with E-state index in [1.165, 1.54) is 12.3 Å². The summed E-state index contributed by atoms with van der Waals surface area (Å²) in [5.74, 6) is 0.277. The summed E-state index contributed by atoms with van der Waals surface area (Å²) in [5.41, 5.74) is 6.96. The number of carbonyl (C=O) groups is 2. The van der Waals surface area contributed by atoms with Crippen molar-refractivity contribution in [2.45, 2.75) is 25.3 Å². The molecule has 2 aromatic rings. The first-order valence-corrected chi connectivity index (χ1v) is 9.11. The number of amides is 2. The van der Waals surface area contributed by atoms with Crippen LogP contribution in [0.4, 0.5) is 11.5 Å². The van der Waals surface area contributed by atoms with Gasteiger partial charge in [-0.1, -0.05) is 0 Å². The Morgan fingerprint density at radius 1 is 1.30 bits per heavy atom. The number of hydrogen-bond acceptors (Lipinski definition) is 5. The summed E-state index contributed by atoms with van der Waals surface area (Å²) >= 11 is 0. The van der Waals surface area contributed by atoms with Crippen molar-refractivity contribution in [3.63, 3.8) is 0 Å². The Hall–Kier alpha value is -3.03. The molecule has 27 heavy (non-hydrogen) atoms. The number of aromatic amines is 1. The number of rotatable bonds is 5. The molecule has 4 N–H and O–H groups in total. The molecule has 8 nitrogen and oxygen atoms in total. The number of H-pyrrole nitrogens is 1. The lowest BCUT2D eigenvalue weighted by molar-refractivity contribution is 0.0756. The SMILES string of the molecule is CN(C)c1ccc(N[C@H]2CCCN(C(=O)c3cc(C(N)=O)c[nH]3)CC2)cn1. The molecule has 0 unspecified atom stereocenters. The maximum absolute atomic E-state index is 12.7. The highest BCUT2D eigenvalue weighted by Gasteiger charge is 2.23. The zero-order chi connectivity index (χ0) is 19.4. The second kappa shape index (κ2) is 8.11. The van der Waals surface area contributed by atoms with Gasteiger partial charge in [-0.25, -0.2) is 4.98 Å². The van der Waals surface area contributed by atoms with E-state index in [9.17, 15) is 9.59 Å². The van der Waals surface area contributed by atoms with Gasteiger partial charge >= 0.3 is 0 Å². The van der Waals surface area contributed by atoms with Crippen molar-refractivity contribution in [3.05, 3.63) is 41.9 Å². The Bertz CT molecular complexity index is 799. The van der Waals surface area contributed by atoms with Gasteiger partial charge < -0.3 is 25.8 Å². The Morgan fingerprint density at radius 2 is 2.11 bits per heavy atom. The van der Waals surface area contributed by atoms with E-state index < -0.39 is 5.91 Å². The Labute approximate surface area is 158 Å². The van der Waals surface area contributed by atoms with Gasteiger partial charge in [0, 0.05) is 39.4 Å². The smallest absolute Gasteiger partial charge is 0.270 e. The van der Waals surface area contributed by atoms with Crippen LogP contribution in [0.1, 0.15) is 40.1 Å². The molecule has 0 spiro atoms. The first-order valence-electron chi connectivity index (χ1n) is 9.11. The van der Waals surface area contributed by atoms with Crippen LogP contribution >= 0.6 is 0 Å². The minimum atomic E-state index is -0.542. The van der Waals surface area contributed by atoms with Gasteiger partial charge in [0.15, 0.2) is 0 Å². The molecule has 0 aliphatic carbocycles. The van der Waals surface area contributed by atoms with E-state index in [2.05, 4.69) is 15.3 Å². The van der Waals surface area contributed by atoms with Crippen molar-refractivity contribution >= 4 is 23.3 Å². The van der Waals surface area contributed by atoms with Gasteiger partial charge in [0.1, 0.15) is 11.5 Å². The maximum Gasteiger partial charge on any atom is 0.270 e. The minimum absolute atomic E-state index is 0.0971. The van der Waals surface area contributed by atoms with Crippen LogP contribution < -0.4 is 16.0 Å². The van der Waals surface area contributed by atoms with Gasteiger partial charge in [-0.2, -0.15) is 0 Å². The molecule has 0 saturated carbocycles. The van der Waals surface area contributed by atoms with Gasteiger partial charge in [-0.05, 0) is 37.5 Å². The third-order valence-electron chi connectivity index (χ3n) is 4.79. The van der Waals surface area contributed by atoms with E-state index in [0.29, 0.717) is 30.4 Å². The number of primary amides is 1. The number of nitrogens with two attached hydrogens (primary N) is 1. The Balaban J connectivity index is 1.58. The van der Waals surface area contributed by atoms with Crippen molar-refractivity contribution in [2.75, 3.05) is 37.4 Å². The van der Waals surface area contributed by atoms with Gasteiger partial charge in [0.2, 0.25) is 5.91 Å². The number of nitrogens with zero attached hydrogens (tertiary/aromatic N) is 3. The lowest BCUT2D eigenvalue weighted by Crippen LogP contribution is -2.33. The zero-order valence-electron chi connectivity index (χ0n) is 15.7. The molecular weight excluding hydrogens is 344 g/mol. The topological polar surface area (TPSA) is 107 Å². The normalized spacial score (nSPS) is 17.3. The molecule has 1 fully saturated rings. The first kappa shape index (κ1) is 18.8. The predicted molar refractivity (Wildman–Crippen MR) is 105 cm³/mol. The summed E-state index contributed by atoms with van der Waals surface area (Å²) in [4.78, 5) is 34.9. The fourth-order valence-electron chi connectivity index (χ4n) is 3.25. The lowest BCUT2D eigenvalue weighted by atomic mass is 10.1. The summed E-state index contributed by atoms with van der Waals surface area (Å²) in [5, 5.41) is 3.52. The van der Waals surface area contributed by atoms with Crippen molar-refractivity contribution in [2.24, 2.45) is 5.73 Å². The van der Waals surface area contributed by atoms with E-state index in [1.54, 1.807) is 0 Å². The fourth-order valence-corrected chi connectivity index (χ4v) is 3.25. The quantitative estimate of drug-likeness (QED) is 0.742. The number of hydrogen-bond donors (Lipinski definition) is 3. The molecule has 1 aliphatic rings. The molecule has 2 aromatic heterocycles. The van der Waals surface area contributed by atoms with E-state index in [0.717, 1.165) is 30.8 Å². The zero-order valence-corrected chi connectivity index (χ0v) is 15.7. The van der Waals surface area contributed by atoms with E-state index in [1.807, 2.05) is 42.2 Å². The summed E-state index contributed by atoms with van der Waals surface area (Å²) in [6, 6.07) is 5.82. The van der Waals surface area contributed by atoms with Crippen molar-refractivity contribution < 1.29 is 9.59 Å². The number of anilines is 2. The van der Waals surface area contributed by atoms with Crippen LogP contribution in [-0.4, -0.2) is 59.9 Å². The van der Waals surface area contributed by atoms with Gasteiger partial charge in [-0.15, -0.1) is 0 Å². The molecule has 2 amide bonds. The predicted octanol–water partition coefficient (Wildman–Crippen LogP) is 1.68. The Kier molecular flexibility index (Phi) is 5.63. The fraction of sp³-hybridized carbons (Fsp3) is 0.421. The molecule has 3 heterocycles. The van der Waals surface area contributed by atoms with E-state index in [-0.39, 0.29) is 5.91 Å². The van der Waals surface area contributed by atoms with E-state index >= 15 is 0 Å². The molecular formula is C19H26N6O2. The average Bonchev–Trinajstić information content (AvgIpc) is 3.03. The second-order valence-corrected chi connectivity index (χ2v) is 7.03. The molecule has 3 rings (SSSR count). The van der Waals surface area contributed by atoms with Crippen molar-refractivity contribution in [3.8, 4) is 0 Å². The summed E-state index contributed by atoms with van der Waals surface area (Å²) < 4.78 is 0. The third kappa shape index (κ3) is 4.58. The first-order chi connectivity index (χ1) is 12.9. The molecule has 0 aromatic carbocycles. The van der Waals surface area contributed by atoms with E-state index in [4.69, 9.17) is 5.73 Å². The summed E-state index contributed by atoms with van der Waals surface area (Å²) in [6.45, 7) is 1.35. The molecule has 144 valence electrons. The van der Waals surface area contributed by atoms with Gasteiger partial charge in [0.05, 0.1) is 17.4 Å². The van der Waals surface area contributed by atoms with Gasteiger partial charge in [0.25, 0.3) is 5.91 Å². The van der Waals surface area contributed by atoms with Crippen molar-refractivity contribution in [1.29, 1.82) is 0 Å². The van der Waals surface area contributed by atoms with Crippen LogP contribution in [0.15, 0.2) is 30.6 Å². The number of carbonyl (C=O) groups excluding carboxylic acids is 2.